The molecule has 1 amide bonds. The first-order valence-corrected chi connectivity index (χ1v) is 9.15. The van der Waals surface area contributed by atoms with Crippen LogP contribution >= 0.6 is 11.6 Å². The average molecular weight is 438 g/mol. The average Bonchev–Trinajstić information content (AvgIpc) is 3.24. The first kappa shape index (κ1) is 20.1. The van der Waals surface area contributed by atoms with Crippen molar-refractivity contribution in [2.45, 2.75) is 26.2 Å². The zero-order valence-corrected chi connectivity index (χ0v) is 16.6. The van der Waals surface area contributed by atoms with E-state index in [1.807, 2.05) is 0 Å². The number of anilines is 1. The molecule has 1 aliphatic heterocycles. The van der Waals surface area contributed by atoms with Crippen LogP contribution in [-0.4, -0.2) is 38.9 Å². The van der Waals surface area contributed by atoms with Crippen molar-refractivity contribution < 1.29 is 22.7 Å². The van der Waals surface area contributed by atoms with Gasteiger partial charge in [0.2, 0.25) is 5.88 Å². The fourth-order valence-corrected chi connectivity index (χ4v) is 3.58. The topological polar surface area (TPSA) is 73.1 Å². The largest absolute Gasteiger partial charge is 0.480 e. The molecule has 1 aliphatic rings. The predicted octanol–water partition coefficient (Wildman–Crippen LogP) is 4.03. The minimum Gasteiger partial charge on any atom is -0.480 e. The van der Waals surface area contributed by atoms with Crippen LogP contribution in [0.4, 0.5) is 18.9 Å². The first-order chi connectivity index (χ1) is 14.2. The Morgan fingerprint density at radius 1 is 1.27 bits per heavy atom. The van der Waals surface area contributed by atoms with Gasteiger partial charge in [0.25, 0.3) is 5.91 Å². The highest BCUT2D eigenvalue weighted by molar-refractivity contribution is 6.32. The smallest absolute Gasteiger partial charge is 0.408 e. The fourth-order valence-electron chi connectivity index (χ4n) is 3.34. The Balaban J connectivity index is 1.65. The molecule has 11 heteroatoms. The number of halogens is 4. The molecule has 0 aliphatic carbocycles. The molecule has 0 atom stereocenters. The molecule has 7 nitrogen and oxygen atoms in total. The van der Waals surface area contributed by atoms with E-state index >= 15 is 0 Å². The summed E-state index contributed by atoms with van der Waals surface area (Å²) in [4.78, 5) is 22.9. The quantitative estimate of drug-likeness (QED) is 0.616. The summed E-state index contributed by atoms with van der Waals surface area (Å²) in [5.74, 6) is -0.0467. The van der Waals surface area contributed by atoms with E-state index in [4.69, 9.17) is 16.3 Å². The van der Waals surface area contributed by atoms with E-state index in [0.717, 1.165) is 4.68 Å². The lowest BCUT2D eigenvalue weighted by Crippen LogP contribution is -2.23. The Bertz CT molecular complexity index is 1150. The summed E-state index contributed by atoms with van der Waals surface area (Å²) in [6.07, 6.45) is -0.407. The van der Waals surface area contributed by atoms with Gasteiger partial charge < -0.3 is 4.74 Å². The molecular formula is C19H15ClF3N5O2. The van der Waals surface area contributed by atoms with Gasteiger partial charge in [0.1, 0.15) is 11.6 Å². The lowest BCUT2D eigenvalue weighted by molar-refractivity contribution is -0.142. The van der Waals surface area contributed by atoms with Gasteiger partial charge in [-0.2, -0.15) is 18.3 Å². The number of nitrogens with zero attached hydrogens (tertiary/aromatic N) is 5. The summed E-state index contributed by atoms with van der Waals surface area (Å²) in [5, 5.41) is 4.03. The number of alkyl halides is 3. The Hall–Kier alpha value is -3.14. The second-order valence-electron chi connectivity index (χ2n) is 6.76. The second-order valence-corrected chi connectivity index (χ2v) is 7.17. The number of carbonyl (C=O) groups excluding carboxylic acids is 1. The predicted molar refractivity (Wildman–Crippen MR) is 103 cm³/mol. The van der Waals surface area contributed by atoms with Gasteiger partial charge in [0.15, 0.2) is 0 Å². The second kappa shape index (κ2) is 7.28. The molecule has 0 saturated carbocycles. The molecule has 0 fully saturated rings. The van der Waals surface area contributed by atoms with E-state index in [9.17, 15) is 18.0 Å². The number of methoxy groups -OCH3 is 1. The SMILES string of the molecule is COc1ncc(-c2cc(C)c3c(n2)CN(c2cnn(CC(F)(F)F)c2)C3=O)cc1Cl. The van der Waals surface area contributed by atoms with E-state index < -0.39 is 12.7 Å². The van der Waals surface area contributed by atoms with Crippen molar-refractivity contribution in [2.75, 3.05) is 12.0 Å². The van der Waals surface area contributed by atoms with Crippen molar-refractivity contribution in [3.63, 3.8) is 0 Å². The van der Waals surface area contributed by atoms with Gasteiger partial charge >= 0.3 is 6.18 Å². The number of hydrogen-bond donors (Lipinski definition) is 0. The molecule has 0 radical (unpaired) electrons. The Morgan fingerprint density at radius 2 is 2.03 bits per heavy atom. The molecule has 3 aromatic heterocycles. The molecule has 0 unspecified atom stereocenters. The number of pyridine rings is 2. The molecule has 4 rings (SSSR count). The third kappa shape index (κ3) is 3.70. The van der Waals surface area contributed by atoms with Crippen molar-refractivity contribution in [3.05, 3.63) is 52.6 Å². The highest BCUT2D eigenvalue weighted by Gasteiger charge is 2.34. The summed E-state index contributed by atoms with van der Waals surface area (Å²) < 4.78 is 43.5. The Labute approximate surface area is 174 Å². The van der Waals surface area contributed by atoms with E-state index in [2.05, 4.69) is 15.1 Å². The first-order valence-electron chi connectivity index (χ1n) is 8.78. The van der Waals surface area contributed by atoms with Crippen LogP contribution in [0.1, 0.15) is 21.6 Å². The number of hydrogen-bond acceptors (Lipinski definition) is 5. The van der Waals surface area contributed by atoms with Crippen LogP contribution in [0.3, 0.4) is 0 Å². The van der Waals surface area contributed by atoms with Crippen LogP contribution in [0.5, 0.6) is 5.88 Å². The number of amides is 1. The van der Waals surface area contributed by atoms with Crippen LogP contribution in [0.25, 0.3) is 11.3 Å². The summed E-state index contributed by atoms with van der Waals surface area (Å²) in [5.41, 5.74) is 3.14. The molecule has 0 bridgehead atoms. The molecule has 30 heavy (non-hydrogen) atoms. The van der Waals surface area contributed by atoms with Gasteiger partial charge in [-0.05, 0) is 24.6 Å². The van der Waals surface area contributed by atoms with Crippen molar-refractivity contribution in [2.24, 2.45) is 0 Å². The third-order valence-electron chi connectivity index (χ3n) is 4.63. The van der Waals surface area contributed by atoms with Gasteiger partial charge in [0, 0.05) is 18.0 Å². The molecule has 156 valence electrons. The summed E-state index contributed by atoms with van der Waals surface area (Å²) >= 11 is 6.14. The van der Waals surface area contributed by atoms with Crippen molar-refractivity contribution in [3.8, 4) is 17.1 Å². The zero-order chi connectivity index (χ0) is 21.6. The number of fused-ring (bicyclic) bond motifs is 1. The van der Waals surface area contributed by atoms with Crippen LogP contribution in [0.2, 0.25) is 5.02 Å². The standard InChI is InChI=1S/C19H15ClF3N5O2/c1-10-3-14(11-4-13(20)17(30-2)24-5-11)26-15-8-28(18(29)16(10)15)12-6-25-27(7-12)9-19(21,22)23/h3-7H,8-9H2,1-2H3. The maximum absolute atomic E-state index is 12.9. The molecular weight excluding hydrogens is 423 g/mol. The lowest BCUT2D eigenvalue weighted by Gasteiger charge is -2.12. The zero-order valence-electron chi connectivity index (χ0n) is 15.9. The molecule has 0 aromatic carbocycles. The Morgan fingerprint density at radius 3 is 2.70 bits per heavy atom. The van der Waals surface area contributed by atoms with Crippen molar-refractivity contribution >= 4 is 23.2 Å². The van der Waals surface area contributed by atoms with Gasteiger partial charge in [-0.15, -0.1) is 0 Å². The number of rotatable bonds is 4. The van der Waals surface area contributed by atoms with Gasteiger partial charge in [-0.1, -0.05) is 11.6 Å². The van der Waals surface area contributed by atoms with Gasteiger partial charge in [-0.3, -0.25) is 19.4 Å². The number of aryl methyl sites for hydroxylation is 1. The number of ether oxygens (including phenoxy) is 1. The normalized spacial score (nSPS) is 13.7. The summed E-state index contributed by atoms with van der Waals surface area (Å²) in [6, 6.07) is 3.41. The number of aromatic nitrogens is 4. The van der Waals surface area contributed by atoms with E-state index in [-0.39, 0.29) is 24.0 Å². The lowest BCUT2D eigenvalue weighted by atomic mass is 10.1. The maximum atomic E-state index is 12.9. The van der Waals surface area contributed by atoms with Crippen LogP contribution in [-0.2, 0) is 13.1 Å². The van der Waals surface area contributed by atoms with Crippen molar-refractivity contribution in [1.82, 2.24) is 19.7 Å². The maximum Gasteiger partial charge on any atom is 0.408 e. The van der Waals surface area contributed by atoms with Gasteiger partial charge in [-0.25, -0.2) is 4.98 Å². The van der Waals surface area contributed by atoms with Crippen LogP contribution in [0, 0.1) is 6.92 Å². The van der Waals surface area contributed by atoms with Crippen molar-refractivity contribution in [1.29, 1.82) is 0 Å². The molecule has 0 spiro atoms. The minimum absolute atomic E-state index is 0.123. The van der Waals surface area contributed by atoms with E-state index in [1.165, 1.54) is 24.4 Å². The third-order valence-corrected chi connectivity index (χ3v) is 4.90. The molecule has 0 saturated heterocycles. The van der Waals surface area contributed by atoms with Gasteiger partial charge in [0.05, 0.1) is 42.5 Å². The van der Waals surface area contributed by atoms with E-state index in [0.29, 0.717) is 33.1 Å². The van der Waals surface area contributed by atoms with Crippen LogP contribution < -0.4 is 9.64 Å². The highest BCUT2D eigenvalue weighted by Crippen LogP contribution is 2.33. The monoisotopic (exact) mass is 437 g/mol. The minimum atomic E-state index is -4.40. The van der Waals surface area contributed by atoms with E-state index in [1.54, 1.807) is 25.3 Å². The summed E-state index contributed by atoms with van der Waals surface area (Å²) in [6.45, 7) is 0.670. The highest BCUT2D eigenvalue weighted by atomic mass is 35.5. The van der Waals surface area contributed by atoms with Crippen LogP contribution in [0.15, 0.2) is 30.7 Å². The molecule has 0 N–H and O–H groups in total. The summed E-state index contributed by atoms with van der Waals surface area (Å²) in [7, 11) is 1.46. The molecule has 4 heterocycles. The molecule has 3 aromatic rings. The fraction of sp³-hybridized carbons (Fsp3) is 0.263. The number of carbonyl (C=O) groups is 1. The Kier molecular flexibility index (Phi) is 4.89.